The second-order valence-corrected chi connectivity index (χ2v) is 9.03. The van der Waals surface area contributed by atoms with Gasteiger partial charge in [0.2, 0.25) is 15.9 Å². The molecule has 0 saturated carbocycles. The highest BCUT2D eigenvalue weighted by atomic mass is 35.5. The molecule has 0 saturated heterocycles. The Bertz CT molecular complexity index is 978. The van der Waals surface area contributed by atoms with Crippen LogP contribution in [0.1, 0.15) is 32.4 Å². The Kier molecular flexibility index (Phi) is 8.66. The molecular weight excluding hydrogens is 426 g/mol. The minimum Gasteiger partial charge on any atom is -0.495 e. The van der Waals surface area contributed by atoms with Gasteiger partial charge in [-0.25, -0.2) is 8.42 Å². The van der Waals surface area contributed by atoms with Gasteiger partial charge in [-0.1, -0.05) is 37.6 Å². The number of hydrogen-bond acceptors (Lipinski definition) is 5. The van der Waals surface area contributed by atoms with E-state index < -0.39 is 10.0 Å². The van der Waals surface area contributed by atoms with E-state index in [2.05, 4.69) is 10.6 Å². The van der Waals surface area contributed by atoms with Crippen molar-refractivity contribution in [2.75, 3.05) is 32.1 Å². The standard InChI is InChI=1S/C21H28ClN3O4S/c1-5-25(6-2)30(27,28)18-10-11-20(29-4)19(13-18)24-21(26)14-23-15(3)16-8-7-9-17(22)12-16/h7-13,15,23H,5-6,14H2,1-4H3,(H,24,26)/t15-/m1/s1. The third kappa shape index (κ3) is 5.95. The smallest absolute Gasteiger partial charge is 0.243 e. The van der Waals surface area contributed by atoms with Crippen molar-refractivity contribution in [3.8, 4) is 5.75 Å². The number of ether oxygens (including phenoxy) is 1. The van der Waals surface area contributed by atoms with Gasteiger partial charge in [-0.15, -0.1) is 0 Å². The van der Waals surface area contributed by atoms with E-state index in [-0.39, 0.29) is 23.4 Å². The molecule has 2 rings (SSSR count). The maximum atomic E-state index is 12.8. The number of nitrogens with one attached hydrogen (secondary N) is 2. The molecule has 2 N–H and O–H groups in total. The molecule has 0 aliphatic heterocycles. The zero-order chi connectivity index (χ0) is 22.3. The van der Waals surface area contributed by atoms with Gasteiger partial charge in [-0.05, 0) is 42.8 Å². The highest BCUT2D eigenvalue weighted by Crippen LogP contribution is 2.29. The molecule has 1 atom stereocenters. The maximum absolute atomic E-state index is 12.8. The Labute approximate surface area is 183 Å². The van der Waals surface area contributed by atoms with Gasteiger partial charge < -0.3 is 15.4 Å². The quantitative estimate of drug-likeness (QED) is 0.573. The van der Waals surface area contributed by atoms with Gasteiger partial charge in [0.25, 0.3) is 0 Å². The van der Waals surface area contributed by atoms with Crippen molar-refractivity contribution >= 4 is 33.2 Å². The highest BCUT2D eigenvalue weighted by Gasteiger charge is 2.23. The lowest BCUT2D eigenvalue weighted by Gasteiger charge is -2.20. The average Bonchev–Trinajstić information content (AvgIpc) is 2.72. The van der Waals surface area contributed by atoms with Crippen LogP contribution in [0.3, 0.4) is 0 Å². The number of hydrogen-bond donors (Lipinski definition) is 2. The number of amides is 1. The first-order chi connectivity index (χ1) is 14.2. The first-order valence-electron chi connectivity index (χ1n) is 9.69. The van der Waals surface area contributed by atoms with Gasteiger partial charge in [0, 0.05) is 24.2 Å². The van der Waals surface area contributed by atoms with Gasteiger partial charge >= 0.3 is 0 Å². The molecule has 1 amide bonds. The average molecular weight is 454 g/mol. The first kappa shape index (κ1) is 24.1. The van der Waals surface area contributed by atoms with Crippen molar-refractivity contribution in [2.24, 2.45) is 0 Å². The Morgan fingerprint density at radius 1 is 1.17 bits per heavy atom. The van der Waals surface area contributed by atoms with E-state index in [1.165, 1.54) is 29.6 Å². The third-order valence-corrected chi connectivity index (χ3v) is 6.99. The van der Waals surface area contributed by atoms with E-state index in [9.17, 15) is 13.2 Å². The zero-order valence-electron chi connectivity index (χ0n) is 17.6. The minimum atomic E-state index is -3.65. The summed E-state index contributed by atoms with van der Waals surface area (Å²) in [5.74, 6) is 0.0595. The van der Waals surface area contributed by atoms with Crippen molar-refractivity contribution in [3.05, 3.63) is 53.1 Å². The van der Waals surface area contributed by atoms with Crippen LogP contribution < -0.4 is 15.4 Å². The van der Waals surface area contributed by atoms with Crippen molar-refractivity contribution in [3.63, 3.8) is 0 Å². The molecule has 0 aliphatic rings. The summed E-state index contributed by atoms with van der Waals surface area (Å²) >= 11 is 6.01. The molecule has 0 radical (unpaired) electrons. The van der Waals surface area contributed by atoms with Crippen LogP contribution >= 0.6 is 11.6 Å². The molecule has 30 heavy (non-hydrogen) atoms. The number of benzene rings is 2. The lowest BCUT2D eigenvalue weighted by Crippen LogP contribution is -2.31. The van der Waals surface area contributed by atoms with Crippen LogP contribution in [0.25, 0.3) is 0 Å². The normalized spacial score (nSPS) is 12.6. The van der Waals surface area contributed by atoms with Gasteiger partial charge in [0.05, 0.1) is 24.2 Å². The van der Waals surface area contributed by atoms with Crippen LogP contribution in [0.2, 0.25) is 5.02 Å². The molecule has 0 aromatic heterocycles. The Balaban J connectivity index is 2.13. The number of carbonyl (C=O) groups excluding carboxylic acids is 1. The van der Waals surface area contributed by atoms with Crippen molar-refractivity contribution in [1.29, 1.82) is 0 Å². The monoisotopic (exact) mass is 453 g/mol. The second kappa shape index (κ2) is 10.8. The number of methoxy groups -OCH3 is 1. The van der Waals surface area contributed by atoms with E-state index >= 15 is 0 Å². The molecule has 0 heterocycles. The third-order valence-electron chi connectivity index (χ3n) is 4.71. The maximum Gasteiger partial charge on any atom is 0.243 e. The molecule has 0 spiro atoms. The highest BCUT2D eigenvalue weighted by molar-refractivity contribution is 7.89. The van der Waals surface area contributed by atoms with Crippen LogP contribution in [0.15, 0.2) is 47.4 Å². The zero-order valence-corrected chi connectivity index (χ0v) is 19.2. The molecule has 0 aliphatic carbocycles. The molecular formula is C21H28ClN3O4S. The Hall–Kier alpha value is -2.13. The molecule has 9 heteroatoms. The van der Waals surface area contributed by atoms with Gasteiger partial charge in [-0.2, -0.15) is 4.31 Å². The summed E-state index contributed by atoms with van der Waals surface area (Å²) in [6.45, 7) is 6.23. The van der Waals surface area contributed by atoms with Crippen LogP contribution in [-0.2, 0) is 14.8 Å². The summed E-state index contributed by atoms with van der Waals surface area (Å²) in [6, 6.07) is 11.7. The molecule has 0 fully saturated rings. The fraction of sp³-hybridized carbons (Fsp3) is 0.381. The largest absolute Gasteiger partial charge is 0.495 e. The van der Waals surface area contributed by atoms with Crippen LogP contribution in [0.5, 0.6) is 5.75 Å². The summed E-state index contributed by atoms with van der Waals surface area (Å²) < 4.78 is 32.2. The lowest BCUT2D eigenvalue weighted by atomic mass is 10.1. The van der Waals surface area contributed by atoms with Gasteiger partial charge in [0.1, 0.15) is 5.75 Å². The van der Waals surface area contributed by atoms with Crippen LogP contribution in [0.4, 0.5) is 5.69 Å². The minimum absolute atomic E-state index is 0.0316. The SMILES string of the molecule is CCN(CC)S(=O)(=O)c1ccc(OC)c(NC(=O)CN[C@H](C)c2cccc(Cl)c2)c1. The summed E-state index contributed by atoms with van der Waals surface area (Å²) in [6.07, 6.45) is 0. The van der Waals surface area contributed by atoms with Crippen LogP contribution in [-0.4, -0.2) is 45.4 Å². The van der Waals surface area contributed by atoms with E-state index in [1.54, 1.807) is 19.9 Å². The predicted octanol–water partition coefficient (Wildman–Crippen LogP) is 3.67. The molecule has 0 unspecified atom stereocenters. The number of anilines is 1. The van der Waals surface area contributed by atoms with Crippen molar-refractivity contribution in [1.82, 2.24) is 9.62 Å². The topological polar surface area (TPSA) is 87.7 Å². The summed E-state index contributed by atoms with van der Waals surface area (Å²) in [4.78, 5) is 12.6. The summed E-state index contributed by atoms with van der Waals surface area (Å²) in [5, 5.41) is 6.49. The fourth-order valence-corrected chi connectivity index (χ4v) is 4.68. The van der Waals surface area contributed by atoms with E-state index in [0.29, 0.717) is 29.5 Å². The first-order valence-corrected chi connectivity index (χ1v) is 11.5. The Morgan fingerprint density at radius 2 is 1.87 bits per heavy atom. The fourth-order valence-electron chi connectivity index (χ4n) is 2.99. The number of carbonyl (C=O) groups is 1. The number of sulfonamides is 1. The van der Waals surface area contributed by atoms with Crippen LogP contribution in [0, 0.1) is 0 Å². The summed E-state index contributed by atoms with van der Waals surface area (Å²) in [7, 11) is -2.19. The summed E-state index contributed by atoms with van der Waals surface area (Å²) in [5.41, 5.74) is 1.26. The molecule has 0 bridgehead atoms. The van der Waals surface area contributed by atoms with E-state index in [4.69, 9.17) is 16.3 Å². The van der Waals surface area contributed by atoms with Gasteiger partial charge in [-0.3, -0.25) is 4.79 Å². The molecule has 2 aromatic carbocycles. The number of nitrogens with zero attached hydrogens (tertiary/aromatic N) is 1. The van der Waals surface area contributed by atoms with E-state index in [1.807, 2.05) is 25.1 Å². The molecule has 164 valence electrons. The Morgan fingerprint density at radius 3 is 2.47 bits per heavy atom. The molecule has 2 aromatic rings. The van der Waals surface area contributed by atoms with Gasteiger partial charge in [0.15, 0.2) is 0 Å². The van der Waals surface area contributed by atoms with Crippen molar-refractivity contribution < 1.29 is 17.9 Å². The molecule has 7 nitrogen and oxygen atoms in total. The number of rotatable bonds is 10. The second-order valence-electron chi connectivity index (χ2n) is 6.66. The number of halogens is 1. The van der Waals surface area contributed by atoms with E-state index in [0.717, 1.165) is 5.56 Å². The predicted molar refractivity (Wildman–Crippen MR) is 120 cm³/mol. The van der Waals surface area contributed by atoms with Crippen molar-refractivity contribution in [2.45, 2.75) is 31.7 Å². The lowest BCUT2D eigenvalue weighted by molar-refractivity contribution is -0.115.